The third kappa shape index (κ3) is 3.57. The normalized spacial score (nSPS) is 17.9. The topological polar surface area (TPSA) is 80.0 Å². The monoisotopic (exact) mass is 441 g/mol. The fourth-order valence-electron chi connectivity index (χ4n) is 3.53. The van der Waals surface area contributed by atoms with E-state index >= 15 is 0 Å². The maximum Gasteiger partial charge on any atom is 0.300 e. The lowest BCUT2D eigenvalue weighted by Crippen LogP contribution is -2.29. The van der Waals surface area contributed by atoms with Crippen molar-refractivity contribution in [2.75, 3.05) is 12.0 Å². The Hall–Kier alpha value is -3.58. The number of aryl methyl sites for hydroxylation is 1. The summed E-state index contributed by atoms with van der Waals surface area (Å²) >= 11 is 6.25. The number of rotatable bonds is 4. The van der Waals surface area contributed by atoms with Crippen LogP contribution in [0.2, 0.25) is 5.02 Å². The van der Waals surface area contributed by atoms with Crippen molar-refractivity contribution in [1.29, 1.82) is 0 Å². The quantitative estimate of drug-likeness (QED) is 0.349. The zero-order valence-corrected chi connectivity index (χ0v) is 17.3. The highest BCUT2D eigenvalue weighted by molar-refractivity contribution is 6.51. The minimum absolute atomic E-state index is 0.131. The van der Waals surface area contributed by atoms with Gasteiger partial charge in [0.05, 0.1) is 17.7 Å². The molecule has 0 radical (unpaired) electrons. The van der Waals surface area contributed by atoms with Crippen LogP contribution < -0.4 is 9.64 Å². The van der Waals surface area contributed by atoms with Crippen LogP contribution in [0, 0.1) is 12.7 Å². The summed E-state index contributed by atoms with van der Waals surface area (Å²) in [5.74, 6) is -1.53. The second-order valence-corrected chi connectivity index (χ2v) is 7.35. The lowest BCUT2D eigenvalue weighted by molar-refractivity contribution is -0.132. The van der Waals surface area contributed by atoms with E-state index in [1.165, 1.54) is 48.4 Å². The molecule has 1 unspecified atom stereocenters. The van der Waals surface area contributed by atoms with Crippen molar-refractivity contribution in [3.05, 3.63) is 88.1 Å². The predicted molar refractivity (Wildman–Crippen MR) is 113 cm³/mol. The molecule has 1 amide bonds. The van der Waals surface area contributed by atoms with Crippen LogP contribution in [0.15, 0.2) is 64.6 Å². The molecule has 1 saturated heterocycles. The number of methoxy groups -OCH3 is 1. The van der Waals surface area contributed by atoms with Crippen LogP contribution >= 0.6 is 11.6 Å². The van der Waals surface area contributed by atoms with Gasteiger partial charge in [0.2, 0.25) is 0 Å². The molecule has 1 N–H and O–H groups in total. The van der Waals surface area contributed by atoms with Gasteiger partial charge >= 0.3 is 0 Å². The van der Waals surface area contributed by atoms with E-state index in [0.29, 0.717) is 11.5 Å². The van der Waals surface area contributed by atoms with Gasteiger partial charge in [-0.05, 0) is 61.5 Å². The zero-order chi connectivity index (χ0) is 22.3. The van der Waals surface area contributed by atoms with Gasteiger partial charge in [0.25, 0.3) is 11.7 Å². The molecular formula is C23H17ClFNO5. The molecule has 8 heteroatoms. The molecule has 2 aromatic carbocycles. The number of amides is 1. The van der Waals surface area contributed by atoms with E-state index in [9.17, 15) is 19.1 Å². The minimum atomic E-state index is -1.07. The van der Waals surface area contributed by atoms with Crippen LogP contribution in [0.3, 0.4) is 0 Å². The SMILES string of the molecule is COc1ccc(Cl)c(/C(O)=C2\C(=O)C(=O)N(c3ccc(F)cc3)C2c2ccc(C)o2)c1. The summed E-state index contributed by atoms with van der Waals surface area (Å²) in [6, 6.07) is 11.9. The van der Waals surface area contributed by atoms with Crippen LogP contribution in [0.1, 0.15) is 23.1 Å². The Morgan fingerprint density at radius 1 is 1.13 bits per heavy atom. The molecule has 4 rings (SSSR count). The van der Waals surface area contributed by atoms with E-state index in [1.54, 1.807) is 25.1 Å². The molecule has 31 heavy (non-hydrogen) atoms. The molecule has 0 bridgehead atoms. The second-order valence-electron chi connectivity index (χ2n) is 6.94. The number of aliphatic hydroxyl groups excluding tert-OH is 1. The van der Waals surface area contributed by atoms with Gasteiger partial charge < -0.3 is 14.3 Å². The molecule has 0 spiro atoms. The molecule has 1 aliphatic rings. The molecule has 1 atom stereocenters. The Morgan fingerprint density at radius 3 is 2.45 bits per heavy atom. The largest absolute Gasteiger partial charge is 0.507 e. The van der Waals surface area contributed by atoms with Gasteiger partial charge in [-0.2, -0.15) is 0 Å². The van der Waals surface area contributed by atoms with E-state index in [4.69, 9.17) is 20.8 Å². The summed E-state index contributed by atoms with van der Waals surface area (Å²) in [6.07, 6.45) is 0. The summed E-state index contributed by atoms with van der Waals surface area (Å²) in [5.41, 5.74) is 0.212. The summed E-state index contributed by atoms with van der Waals surface area (Å²) in [4.78, 5) is 27.2. The lowest BCUT2D eigenvalue weighted by Gasteiger charge is -2.23. The van der Waals surface area contributed by atoms with Crippen molar-refractivity contribution >= 4 is 34.7 Å². The van der Waals surface area contributed by atoms with Crippen molar-refractivity contribution in [2.45, 2.75) is 13.0 Å². The highest BCUT2D eigenvalue weighted by atomic mass is 35.5. The first kappa shape index (κ1) is 20.7. The number of aliphatic hydroxyl groups is 1. The maximum atomic E-state index is 13.4. The summed E-state index contributed by atoms with van der Waals surface area (Å²) in [7, 11) is 1.45. The Labute approximate surface area is 182 Å². The van der Waals surface area contributed by atoms with Crippen LogP contribution in [-0.4, -0.2) is 23.9 Å². The van der Waals surface area contributed by atoms with Gasteiger partial charge in [-0.15, -0.1) is 0 Å². The number of carbonyl (C=O) groups is 2. The van der Waals surface area contributed by atoms with Crippen LogP contribution in [0.4, 0.5) is 10.1 Å². The van der Waals surface area contributed by atoms with E-state index in [2.05, 4.69) is 0 Å². The van der Waals surface area contributed by atoms with Crippen LogP contribution in [0.5, 0.6) is 5.75 Å². The van der Waals surface area contributed by atoms with E-state index in [0.717, 1.165) is 0 Å². The van der Waals surface area contributed by atoms with E-state index in [-0.39, 0.29) is 27.6 Å². The lowest BCUT2D eigenvalue weighted by atomic mass is 9.99. The number of hydrogen-bond acceptors (Lipinski definition) is 5. The van der Waals surface area contributed by atoms with Gasteiger partial charge in [0.15, 0.2) is 0 Å². The highest BCUT2D eigenvalue weighted by Gasteiger charge is 2.48. The smallest absolute Gasteiger partial charge is 0.300 e. The van der Waals surface area contributed by atoms with Gasteiger partial charge in [0.1, 0.15) is 34.9 Å². The van der Waals surface area contributed by atoms with E-state index in [1.807, 2.05) is 0 Å². The molecule has 158 valence electrons. The van der Waals surface area contributed by atoms with Crippen molar-refractivity contribution in [3.63, 3.8) is 0 Å². The molecular weight excluding hydrogens is 425 g/mol. The number of hydrogen-bond donors (Lipinski definition) is 1. The Balaban J connectivity index is 1.96. The Morgan fingerprint density at radius 2 is 1.84 bits per heavy atom. The van der Waals surface area contributed by atoms with E-state index < -0.39 is 29.3 Å². The van der Waals surface area contributed by atoms with Crippen molar-refractivity contribution < 1.29 is 28.2 Å². The highest BCUT2D eigenvalue weighted by Crippen LogP contribution is 2.43. The summed E-state index contributed by atoms with van der Waals surface area (Å²) < 4.78 is 24.3. The van der Waals surface area contributed by atoms with Gasteiger partial charge in [-0.3, -0.25) is 14.5 Å². The number of anilines is 1. The first-order valence-corrected chi connectivity index (χ1v) is 9.66. The van der Waals surface area contributed by atoms with Crippen LogP contribution in [-0.2, 0) is 9.59 Å². The minimum Gasteiger partial charge on any atom is -0.507 e. The molecule has 1 aliphatic heterocycles. The fourth-order valence-corrected chi connectivity index (χ4v) is 3.74. The molecule has 0 saturated carbocycles. The van der Waals surface area contributed by atoms with Crippen molar-refractivity contribution in [2.24, 2.45) is 0 Å². The number of ether oxygens (including phenoxy) is 1. The Kier molecular flexibility index (Phi) is 5.29. The van der Waals surface area contributed by atoms with Crippen molar-refractivity contribution in [3.8, 4) is 5.75 Å². The third-order valence-corrected chi connectivity index (χ3v) is 5.34. The number of halogens is 2. The molecule has 1 fully saturated rings. The number of benzene rings is 2. The van der Waals surface area contributed by atoms with Gasteiger partial charge in [0, 0.05) is 11.3 Å². The maximum absolute atomic E-state index is 13.4. The zero-order valence-electron chi connectivity index (χ0n) is 16.6. The number of carbonyl (C=O) groups excluding carboxylic acids is 2. The molecule has 1 aromatic heterocycles. The third-order valence-electron chi connectivity index (χ3n) is 5.01. The molecule has 6 nitrogen and oxygen atoms in total. The standard InChI is InChI=1S/C23H17ClFNO5/c1-12-3-10-18(31-12)20-19(21(27)16-11-15(30-2)8-9-17(16)24)22(28)23(29)26(20)14-6-4-13(25)5-7-14/h3-11,20,27H,1-2H3/b21-19+. The average Bonchev–Trinajstić information content (AvgIpc) is 3.30. The average molecular weight is 442 g/mol. The molecule has 2 heterocycles. The molecule has 0 aliphatic carbocycles. The van der Waals surface area contributed by atoms with Gasteiger partial charge in [-0.25, -0.2) is 4.39 Å². The van der Waals surface area contributed by atoms with Crippen LogP contribution in [0.25, 0.3) is 5.76 Å². The predicted octanol–water partition coefficient (Wildman–Crippen LogP) is 5.02. The number of Topliss-reactive ketones (excluding diaryl/α,β-unsaturated/α-hetero) is 1. The number of nitrogens with zero attached hydrogens (tertiary/aromatic N) is 1. The number of ketones is 1. The first-order chi connectivity index (χ1) is 14.8. The summed E-state index contributed by atoms with van der Waals surface area (Å²) in [5, 5.41) is 11.3. The Bertz CT molecular complexity index is 1210. The first-order valence-electron chi connectivity index (χ1n) is 9.28. The fraction of sp³-hybridized carbons (Fsp3) is 0.130. The summed E-state index contributed by atoms with van der Waals surface area (Å²) in [6.45, 7) is 1.71. The number of furan rings is 1. The van der Waals surface area contributed by atoms with Gasteiger partial charge in [-0.1, -0.05) is 11.6 Å². The van der Waals surface area contributed by atoms with Crippen molar-refractivity contribution in [1.82, 2.24) is 0 Å². The molecule has 3 aromatic rings. The second kappa shape index (κ2) is 7.92.